The van der Waals surface area contributed by atoms with Crippen LogP contribution in [0.15, 0.2) is 24.3 Å². The van der Waals surface area contributed by atoms with E-state index in [2.05, 4.69) is 5.32 Å². The van der Waals surface area contributed by atoms with Gasteiger partial charge in [0.2, 0.25) is 5.91 Å². The van der Waals surface area contributed by atoms with E-state index in [1.165, 1.54) is 0 Å². The van der Waals surface area contributed by atoms with Gasteiger partial charge >= 0.3 is 17.9 Å². The number of nitrogens with two attached hydrogens (primary N) is 1. The van der Waals surface area contributed by atoms with Crippen molar-refractivity contribution >= 4 is 29.5 Å². The molecule has 36 heavy (non-hydrogen) atoms. The molecule has 0 saturated carbocycles. The van der Waals surface area contributed by atoms with Crippen molar-refractivity contribution in [3.8, 4) is 0 Å². The van der Waals surface area contributed by atoms with Crippen LogP contribution in [0.4, 0.5) is 5.69 Å². The number of carboxylic acids is 3. The van der Waals surface area contributed by atoms with Gasteiger partial charge in [-0.25, -0.2) is 0 Å². The fourth-order valence-electron chi connectivity index (χ4n) is 3.88. The smallest absolute Gasteiger partial charge is 0.317 e. The van der Waals surface area contributed by atoms with Crippen LogP contribution in [0.1, 0.15) is 5.56 Å². The van der Waals surface area contributed by atoms with Gasteiger partial charge in [0.25, 0.3) is 0 Å². The molecule has 13 heteroatoms. The summed E-state index contributed by atoms with van der Waals surface area (Å²) in [6.07, 6.45) is 0. The molecule has 1 aliphatic rings. The van der Waals surface area contributed by atoms with Crippen LogP contribution in [-0.2, 0) is 25.7 Å². The third-order valence-electron chi connectivity index (χ3n) is 5.84. The first-order valence-corrected chi connectivity index (χ1v) is 11.8. The Bertz CT molecular complexity index is 850. The number of rotatable bonds is 10. The van der Waals surface area contributed by atoms with Gasteiger partial charge < -0.3 is 26.4 Å². The molecule has 1 aromatic rings. The van der Waals surface area contributed by atoms with Gasteiger partial charge in [0.05, 0.1) is 26.2 Å². The second kappa shape index (κ2) is 15.0. The Morgan fingerprint density at radius 1 is 0.639 bits per heavy atom. The molecule has 6 N–H and O–H groups in total. The monoisotopic (exact) mass is 508 g/mol. The molecule has 2 rings (SSSR count). The minimum absolute atomic E-state index is 0.0714. The Morgan fingerprint density at radius 2 is 0.972 bits per heavy atom. The van der Waals surface area contributed by atoms with Gasteiger partial charge in [-0.15, -0.1) is 0 Å². The number of carbonyl (C=O) groups is 4. The van der Waals surface area contributed by atoms with Gasteiger partial charge in [-0.3, -0.25) is 38.8 Å². The number of amides is 1. The molecule has 0 unspecified atom stereocenters. The highest BCUT2D eigenvalue weighted by Gasteiger charge is 2.21. The highest BCUT2D eigenvalue weighted by atomic mass is 16.4. The molecule has 1 saturated heterocycles. The minimum atomic E-state index is -1.01. The van der Waals surface area contributed by atoms with Gasteiger partial charge in [0, 0.05) is 64.6 Å². The summed E-state index contributed by atoms with van der Waals surface area (Å²) in [6.45, 7) is 2.58. The van der Waals surface area contributed by atoms with Crippen LogP contribution in [0.3, 0.4) is 0 Å². The van der Waals surface area contributed by atoms with E-state index < -0.39 is 17.9 Å². The van der Waals surface area contributed by atoms with E-state index in [4.69, 9.17) is 5.73 Å². The molecular weight excluding hydrogens is 472 g/mol. The molecule has 1 fully saturated rings. The number of nitrogens with one attached hydrogen (secondary N) is 1. The van der Waals surface area contributed by atoms with Crippen molar-refractivity contribution in [3.05, 3.63) is 29.8 Å². The Labute approximate surface area is 210 Å². The molecule has 0 spiro atoms. The van der Waals surface area contributed by atoms with Crippen LogP contribution in [0.5, 0.6) is 0 Å². The first-order valence-electron chi connectivity index (χ1n) is 11.8. The number of aliphatic carboxylic acids is 3. The topological polar surface area (TPSA) is 180 Å². The number of anilines is 1. The van der Waals surface area contributed by atoms with E-state index in [0.717, 1.165) is 5.56 Å². The molecule has 1 aliphatic heterocycles. The van der Waals surface area contributed by atoms with Gasteiger partial charge in [0.15, 0.2) is 0 Å². The molecule has 0 bridgehead atoms. The lowest BCUT2D eigenvalue weighted by atomic mass is 10.2. The SMILES string of the molecule is Nc1ccc(CNC(=O)CN2CCN(CC(=O)O)CCN(CC(=O)O)CCN(CC(=O)O)CC2)cc1. The van der Waals surface area contributed by atoms with Crippen LogP contribution < -0.4 is 11.1 Å². The predicted octanol–water partition coefficient (Wildman–Crippen LogP) is -1.64. The van der Waals surface area contributed by atoms with E-state index in [-0.39, 0.29) is 32.1 Å². The third kappa shape index (κ3) is 11.9. The van der Waals surface area contributed by atoms with Crippen molar-refractivity contribution in [1.82, 2.24) is 24.9 Å². The number of hydrogen-bond acceptors (Lipinski definition) is 9. The summed E-state index contributed by atoms with van der Waals surface area (Å²) in [5.74, 6) is -3.20. The van der Waals surface area contributed by atoms with E-state index in [1.807, 2.05) is 17.0 Å². The van der Waals surface area contributed by atoms with Crippen LogP contribution in [0, 0.1) is 0 Å². The summed E-state index contributed by atoms with van der Waals surface area (Å²) in [6, 6.07) is 7.16. The second-order valence-corrected chi connectivity index (χ2v) is 8.80. The van der Waals surface area contributed by atoms with Gasteiger partial charge in [-0.05, 0) is 17.7 Å². The van der Waals surface area contributed by atoms with Gasteiger partial charge in [0.1, 0.15) is 0 Å². The number of carboxylic acid groups (broad SMARTS) is 3. The van der Waals surface area contributed by atoms with Gasteiger partial charge in [-0.1, -0.05) is 12.1 Å². The van der Waals surface area contributed by atoms with Gasteiger partial charge in [-0.2, -0.15) is 0 Å². The predicted molar refractivity (Wildman–Crippen MR) is 131 cm³/mol. The molecule has 1 amide bonds. The zero-order chi connectivity index (χ0) is 26.5. The quantitative estimate of drug-likeness (QED) is 0.228. The summed E-state index contributed by atoms with van der Waals surface area (Å²) >= 11 is 0. The molecule has 1 aromatic carbocycles. The van der Waals surface area contributed by atoms with Crippen molar-refractivity contribution in [2.75, 3.05) is 84.3 Å². The number of nitrogen functional groups attached to an aromatic ring is 1. The second-order valence-electron chi connectivity index (χ2n) is 8.80. The maximum atomic E-state index is 12.6. The molecule has 0 atom stereocenters. The average molecular weight is 509 g/mol. The third-order valence-corrected chi connectivity index (χ3v) is 5.84. The summed E-state index contributed by atoms with van der Waals surface area (Å²) in [4.78, 5) is 53.6. The molecule has 0 radical (unpaired) electrons. The summed E-state index contributed by atoms with van der Waals surface area (Å²) in [5, 5.41) is 30.7. The van der Waals surface area contributed by atoms with Crippen molar-refractivity contribution in [2.45, 2.75) is 6.54 Å². The van der Waals surface area contributed by atoms with E-state index >= 15 is 0 Å². The minimum Gasteiger partial charge on any atom is -0.480 e. The molecule has 0 aromatic heterocycles. The zero-order valence-corrected chi connectivity index (χ0v) is 20.3. The normalized spacial score (nSPS) is 17.6. The van der Waals surface area contributed by atoms with E-state index in [9.17, 15) is 34.5 Å². The van der Waals surface area contributed by atoms with Crippen LogP contribution in [0.2, 0.25) is 0 Å². The molecule has 13 nitrogen and oxygen atoms in total. The number of hydrogen-bond donors (Lipinski definition) is 5. The highest BCUT2D eigenvalue weighted by Crippen LogP contribution is 2.05. The molecule has 1 heterocycles. The number of carbonyl (C=O) groups excluding carboxylic acids is 1. The Kier molecular flexibility index (Phi) is 12.1. The zero-order valence-electron chi connectivity index (χ0n) is 20.3. The average Bonchev–Trinajstić information content (AvgIpc) is 2.79. The maximum absolute atomic E-state index is 12.6. The molecule has 200 valence electrons. The van der Waals surface area contributed by atoms with E-state index in [0.29, 0.717) is 64.6 Å². The lowest BCUT2D eigenvalue weighted by Crippen LogP contribution is -2.49. The van der Waals surface area contributed by atoms with Crippen molar-refractivity contribution < 1.29 is 34.5 Å². The fourth-order valence-corrected chi connectivity index (χ4v) is 3.88. The Morgan fingerprint density at radius 3 is 1.31 bits per heavy atom. The fraction of sp³-hybridized carbons (Fsp3) is 0.565. The van der Waals surface area contributed by atoms with Crippen LogP contribution in [-0.4, -0.2) is 137 Å². The highest BCUT2D eigenvalue weighted by molar-refractivity contribution is 5.78. The maximum Gasteiger partial charge on any atom is 0.317 e. The molecule has 0 aliphatic carbocycles. The van der Waals surface area contributed by atoms with Crippen LogP contribution in [0.25, 0.3) is 0 Å². The standard InChI is InChI=1S/C23H36N6O7/c24-19-3-1-18(2-4-19)13-25-20(30)14-26-5-7-27(15-21(31)32)9-11-29(17-23(35)36)12-10-28(8-6-26)16-22(33)34/h1-4H,5-17,24H2,(H,25,30)(H,31,32)(H,33,34)(H,35,36). The number of benzene rings is 1. The van der Waals surface area contributed by atoms with Crippen LogP contribution >= 0.6 is 0 Å². The van der Waals surface area contributed by atoms with Crippen molar-refractivity contribution in [1.29, 1.82) is 0 Å². The molecular formula is C23H36N6O7. The van der Waals surface area contributed by atoms with Crippen molar-refractivity contribution in [3.63, 3.8) is 0 Å². The van der Waals surface area contributed by atoms with E-state index in [1.54, 1.807) is 26.8 Å². The Balaban J connectivity index is 2.06. The first kappa shape index (κ1) is 29.0. The first-order chi connectivity index (χ1) is 17.1. The summed E-state index contributed by atoms with van der Waals surface area (Å²) < 4.78 is 0. The lowest BCUT2D eigenvalue weighted by molar-refractivity contribution is -0.140. The lowest BCUT2D eigenvalue weighted by Gasteiger charge is -2.32. The Hall–Kier alpha value is -3.26. The summed E-state index contributed by atoms with van der Waals surface area (Å²) in [7, 11) is 0. The largest absolute Gasteiger partial charge is 0.480 e. The van der Waals surface area contributed by atoms with Crippen molar-refractivity contribution in [2.24, 2.45) is 0 Å². The number of nitrogens with zero attached hydrogens (tertiary/aromatic N) is 4. The summed E-state index contributed by atoms with van der Waals surface area (Å²) in [5.41, 5.74) is 7.22.